The Morgan fingerprint density at radius 3 is 2.58 bits per heavy atom. The number of imide groups is 1. The molecule has 2 saturated carbocycles. The summed E-state index contributed by atoms with van der Waals surface area (Å²) in [4.78, 5) is 54.5. The van der Waals surface area contributed by atoms with Crippen LogP contribution in [-0.4, -0.2) is 44.6 Å². The molecular weight excluding hydrogens is 436 g/mol. The second kappa shape index (κ2) is 6.56. The van der Waals surface area contributed by atoms with E-state index in [4.69, 9.17) is 0 Å². The lowest BCUT2D eigenvalue weighted by Crippen LogP contribution is -2.42. The third-order valence-electron chi connectivity index (χ3n) is 7.63. The van der Waals surface area contributed by atoms with E-state index >= 15 is 0 Å². The highest BCUT2D eigenvalue weighted by molar-refractivity contribution is 8.00. The minimum atomic E-state index is -1.17. The third kappa shape index (κ3) is 2.53. The van der Waals surface area contributed by atoms with Crippen LogP contribution in [0.2, 0.25) is 0 Å². The fourth-order valence-corrected chi connectivity index (χ4v) is 9.53. The molecule has 7 nitrogen and oxygen atoms in total. The van der Waals surface area contributed by atoms with Gasteiger partial charge in [0.1, 0.15) is 6.54 Å². The number of fused-ring (bicyclic) bond motifs is 9. The number of hydrogen-bond donors (Lipinski definition) is 2. The predicted molar refractivity (Wildman–Crippen MR) is 114 cm³/mol. The number of amides is 2. The Morgan fingerprint density at radius 2 is 1.87 bits per heavy atom. The summed E-state index contributed by atoms with van der Waals surface area (Å²) in [6, 6.07) is 8.16. The van der Waals surface area contributed by atoms with Crippen molar-refractivity contribution in [1.29, 1.82) is 0 Å². The van der Waals surface area contributed by atoms with E-state index in [-0.39, 0.29) is 45.6 Å². The van der Waals surface area contributed by atoms with Crippen LogP contribution in [0.3, 0.4) is 0 Å². The molecule has 2 aliphatic carbocycles. The first-order chi connectivity index (χ1) is 14.9. The van der Waals surface area contributed by atoms with Gasteiger partial charge in [-0.1, -0.05) is 35.6 Å². The van der Waals surface area contributed by atoms with E-state index in [0.717, 1.165) is 32.4 Å². The predicted octanol–water partition coefficient (Wildman–Crippen LogP) is 2.30. The van der Waals surface area contributed by atoms with Crippen LogP contribution in [0.5, 0.6) is 0 Å². The maximum atomic E-state index is 13.1. The van der Waals surface area contributed by atoms with Crippen molar-refractivity contribution in [2.75, 3.05) is 6.54 Å². The topological polar surface area (TPSA) is 108 Å². The molecular formula is C22H20N2O5S2. The lowest BCUT2D eigenvalue weighted by atomic mass is 9.67. The Morgan fingerprint density at radius 1 is 1.16 bits per heavy atom. The fourth-order valence-electron chi connectivity index (χ4n) is 6.65. The van der Waals surface area contributed by atoms with Gasteiger partial charge in [-0.2, -0.15) is 0 Å². The second-order valence-electron chi connectivity index (χ2n) is 8.97. The van der Waals surface area contributed by atoms with Crippen LogP contribution in [0, 0.1) is 36.5 Å². The molecule has 2 aliphatic heterocycles. The number of carbonyl (C=O) groups excluding carboxylic acids is 2. The van der Waals surface area contributed by atoms with Gasteiger partial charge in [0.2, 0.25) is 11.8 Å². The highest BCUT2D eigenvalue weighted by Crippen LogP contribution is 2.68. The largest absolute Gasteiger partial charge is 0.480 e. The maximum absolute atomic E-state index is 13.1. The molecule has 2 N–H and O–H groups in total. The average Bonchev–Trinajstić information content (AvgIpc) is 3.44. The summed E-state index contributed by atoms with van der Waals surface area (Å²) in [5.41, 5.74) is 2.31. The van der Waals surface area contributed by atoms with E-state index in [1.807, 2.05) is 12.1 Å². The molecule has 7 atom stereocenters. The number of carbonyl (C=O) groups is 3. The molecule has 1 aromatic carbocycles. The molecule has 9 heteroatoms. The van der Waals surface area contributed by atoms with Crippen LogP contribution < -0.4 is 4.87 Å². The molecule has 2 amide bonds. The molecule has 0 unspecified atom stereocenters. The summed E-state index contributed by atoms with van der Waals surface area (Å²) >= 11 is 2.88. The second-order valence-corrected chi connectivity index (χ2v) is 11.2. The van der Waals surface area contributed by atoms with E-state index in [1.165, 1.54) is 11.3 Å². The summed E-state index contributed by atoms with van der Waals surface area (Å²) in [6.07, 6.45) is 0.803. The number of likely N-dealkylation sites (tertiary alicyclic amines) is 1. The minimum absolute atomic E-state index is 0.00113. The summed E-state index contributed by atoms with van der Waals surface area (Å²) in [5.74, 6) is -2.54. The van der Waals surface area contributed by atoms with Gasteiger partial charge in [-0.25, -0.2) is 0 Å². The van der Waals surface area contributed by atoms with Gasteiger partial charge in [0.25, 0.3) is 0 Å². The molecule has 2 bridgehead atoms. The standard InChI is InChI=1S/C22H20N2O5S2/c1-8-4-2-3-5-9(8)13-14-10-6-11(17(14)30-19-18(13)31-22(29)23-19)16-15(10)20(27)24(21(16)28)7-12(25)26/h2-5,10-11,13-17H,6-7H2,1H3,(H,23,29)(H,25,26)/t10-,11-,13-,14-,15+,16+,17+/m1/s1. The van der Waals surface area contributed by atoms with Crippen molar-refractivity contribution in [3.05, 3.63) is 49.9 Å². The number of aromatic amines is 1. The zero-order chi connectivity index (χ0) is 21.6. The number of nitrogens with one attached hydrogen (secondary N) is 1. The molecule has 31 heavy (non-hydrogen) atoms. The third-order valence-corrected chi connectivity index (χ3v) is 10.2. The van der Waals surface area contributed by atoms with Gasteiger partial charge >= 0.3 is 10.8 Å². The van der Waals surface area contributed by atoms with Crippen molar-refractivity contribution in [3.8, 4) is 0 Å². The highest BCUT2D eigenvalue weighted by atomic mass is 32.2. The first-order valence-electron chi connectivity index (χ1n) is 10.4. The maximum Gasteiger partial charge on any atom is 0.323 e. The van der Waals surface area contributed by atoms with E-state index in [2.05, 4.69) is 24.0 Å². The van der Waals surface area contributed by atoms with Gasteiger partial charge in [-0.05, 0) is 42.2 Å². The number of rotatable bonds is 3. The van der Waals surface area contributed by atoms with Gasteiger partial charge in [-0.15, -0.1) is 11.8 Å². The van der Waals surface area contributed by atoms with Crippen molar-refractivity contribution < 1.29 is 19.5 Å². The van der Waals surface area contributed by atoms with Crippen molar-refractivity contribution in [2.24, 2.45) is 29.6 Å². The van der Waals surface area contributed by atoms with Gasteiger partial charge in [0, 0.05) is 16.0 Å². The monoisotopic (exact) mass is 456 g/mol. The number of thioether (sulfide) groups is 1. The van der Waals surface area contributed by atoms with Crippen molar-refractivity contribution >= 4 is 40.9 Å². The lowest BCUT2D eigenvalue weighted by Gasteiger charge is -2.43. The average molecular weight is 457 g/mol. The number of carboxylic acids is 1. The quantitative estimate of drug-likeness (QED) is 0.687. The summed E-state index contributed by atoms with van der Waals surface area (Å²) < 4.78 is 0. The number of aromatic nitrogens is 1. The van der Waals surface area contributed by atoms with Crippen LogP contribution in [0.15, 0.2) is 34.1 Å². The Kier molecular flexibility index (Phi) is 4.08. The Bertz CT molecular complexity index is 1200. The molecule has 0 radical (unpaired) electrons. The number of aryl methyl sites for hydroxylation is 1. The van der Waals surface area contributed by atoms with E-state index in [1.54, 1.807) is 11.8 Å². The molecule has 0 spiro atoms. The zero-order valence-corrected chi connectivity index (χ0v) is 18.2. The highest BCUT2D eigenvalue weighted by Gasteiger charge is 2.69. The number of benzene rings is 1. The summed E-state index contributed by atoms with van der Waals surface area (Å²) in [5, 5.41) is 10.2. The van der Waals surface area contributed by atoms with Crippen LogP contribution >= 0.6 is 23.1 Å². The van der Waals surface area contributed by atoms with E-state index in [0.29, 0.717) is 0 Å². The number of carboxylic acid groups (broad SMARTS) is 1. The van der Waals surface area contributed by atoms with Crippen molar-refractivity contribution in [2.45, 2.75) is 29.5 Å². The zero-order valence-electron chi connectivity index (χ0n) is 16.6. The fraction of sp³-hybridized carbons (Fsp3) is 0.455. The van der Waals surface area contributed by atoms with Gasteiger partial charge in [0.05, 0.1) is 16.9 Å². The molecule has 160 valence electrons. The molecule has 6 rings (SSSR count). The Labute approximate surface area is 185 Å². The van der Waals surface area contributed by atoms with Crippen molar-refractivity contribution in [3.63, 3.8) is 0 Å². The SMILES string of the molecule is Cc1ccccc1[C@H]1c2sc(=O)[nH]c2S[C@H]2[C@@H]3C[C@@H]([C@@H]4C(=O)N(CC(=O)O)C(=O)[C@@H]34)[C@H]12. The van der Waals surface area contributed by atoms with Gasteiger partial charge in [0.15, 0.2) is 0 Å². The van der Waals surface area contributed by atoms with Crippen molar-refractivity contribution in [1.82, 2.24) is 9.88 Å². The summed E-state index contributed by atoms with van der Waals surface area (Å²) in [6.45, 7) is 1.50. The normalized spacial score (nSPS) is 35.3. The molecule has 2 aromatic rings. The first-order valence-corrected chi connectivity index (χ1v) is 12.1. The van der Waals surface area contributed by atoms with Gasteiger partial charge in [-0.3, -0.25) is 24.1 Å². The number of nitrogens with zero attached hydrogens (tertiary/aromatic N) is 1. The smallest absolute Gasteiger partial charge is 0.323 e. The number of aliphatic carboxylic acids is 1. The van der Waals surface area contributed by atoms with Crippen LogP contribution in [0.1, 0.15) is 28.3 Å². The number of H-pyrrole nitrogens is 1. The lowest BCUT2D eigenvalue weighted by molar-refractivity contribution is -0.149. The molecule has 4 aliphatic rings. The molecule has 1 saturated heterocycles. The van der Waals surface area contributed by atoms with Crippen LogP contribution in [-0.2, 0) is 14.4 Å². The minimum Gasteiger partial charge on any atom is -0.480 e. The molecule has 3 fully saturated rings. The Hall–Kier alpha value is -2.39. The van der Waals surface area contributed by atoms with E-state index < -0.39 is 24.3 Å². The summed E-state index contributed by atoms with van der Waals surface area (Å²) in [7, 11) is 0. The molecule has 3 heterocycles. The van der Waals surface area contributed by atoms with E-state index in [9.17, 15) is 24.3 Å². The number of hydrogen-bond acceptors (Lipinski definition) is 6. The van der Waals surface area contributed by atoms with Crippen LogP contribution in [0.25, 0.3) is 0 Å². The van der Waals surface area contributed by atoms with Gasteiger partial charge < -0.3 is 10.1 Å². The Balaban J connectivity index is 1.47. The first kappa shape index (κ1) is 19.3. The molecule has 1 aromatic heterocycles. The van der Waals surface area contributed by atoms with Crippen LogP contribution in [0.4, 0.5) is 0 Å². The number of thiazole rings is 1.